The van der Waals surface area contributed by atoms with Gasteiger partial charge in [0.15, 0.2) is 0 Å². The zero-order valence-electron chi connectivity index (χ0n) is 12.8. The number of carbonyl (C=O) groups is 1. The lowest BCUT2D eigenvalue weighted by Crippen LogP contribution is -3.11. The number of carbonyl (C=O) groups excluding carboxylic acids is 1. The Hall–Kier alpha value is -1.27. The van der Waals surface area contributed by atoms with Crippen molar-refractivity contribution in [1.29, 1.82) is 0 Å². The van der Waals surface area contributed by atoms with Crippen LogP contribution in [-0.2, 0) is 6.18 Å². The van der Waals surface area contributed by atoms with E-state index in [0.29, 0.717) is 6.54 Å². The van der Waals surface area contributed by atoms with Gasteiger partial charge in [-0.2, -0.15) is 13.2 Å². The molecule has 7 heteroatoms. The predicted octanol–water partition coefficient (Wildman–Crippen LogP) is -1.25. The summed E-state index contributed by atoms with van der Waals surface area (Å²) in [4.78, 5) is 13.3. The Labute approximate surface area is 135 Å². The third-order valence-corrected chi connectivity index (χ3v) is 3.44. The van der Waals surface area contributed by atoms with Crippen molar-refractivity contribution in [2.45, 2.75) is 26.4 Å². The summed E-state index contributed by atoms with van der Waals surface area (Å²) < 4.78 is 37.7. The van der Waals surface area contributed by atoms with Gasteiger partial charge in [0, 0.05) is 18.5 Å². The summed E-state index contributed by atoms with van der Waals surface area (Å²) >= 11 is 0. The number of amides is 1. The van der Waals surface area contributed by atoms with Gasteiger partial charge in [-0.05, 0) is 32.0 Å². The van der Waals surface area contributed by atoms with Crippen molar-refractivity contribution < 1.29 is 35.3 Å². The first kappa shape index (κ1) is 20.7. The maximum Gasteiger partial charge on any atom is 0.416 e. The van der Waals surface area contributed by atoms with Crippen molar-refractivity contribution in [3.05, 3.63) is 35.4 Å². The Balaban J connectivity index is 0.00000441. The van der Waals surface area contributed by atoms with Crippen LogP contribution in [0.15, 0.2) is 24.3 Å². The quantitative estimate of drug-likeness (QED) is 0.599. The average Bonchev–Trinajstić information content (AvgIpc) is 2.46. The van der Waals surface area contributed by atoms with Gasteiger partial charge in [0.25, 0.3) is 5.91 Å². The first-order valence-electron chi connectivity index (χ1n) is 7.17. The van der Waals surface area contributed by atoms with Crippen molar-refractivity contribution in [1.82, 2.24) is 5.32 Å². The van der Waals surface area contributed by atoms with Crippen LogP contribution in [0.4, 0.5) is 13.2 Å². The summed E-state index contributed by atoms with van der Waals surface area (Å²) in [6, 6.07) is 4.48. The Kier molecular flexibility index (Phi) is 9.13. The fourth-order valence-electron chi connectivity index (χ4n) is 2.08. The summed E-state index contributed by atoms with van der Waals surface area (Å²) in [5, 5.41) is 2.66. The molecule has 0 aliphatic rings. The Morgan fingerprint density at radius 2 is 1.86 bits per heavy atom. The molecule has 0 aliphatic carbocycles. The van der Waals surface area contributed by atoms with Crippen LogP contribution < -0.4 is 22.6 Å². The lowest BCUT2D eigenvalue weighted by atomic mass is 10.1. The minimum absolute atomic E-state index is 0. The monoisotopic (exact) mass is 338 g/mol. The van der Waals surface area contributed by atoms with E-state index in [0.717, 1.165) is 38.2 Å². The van der Waals surface area contributed by atoms with E-state index in [2.05, 4.69) is 19.2 Å². The second-order valence-electron chi connectivity index (χ2n) is 4.90. The second kappa shape index (κ2) is 9.69. The normalized spacial score (nSPS) is 11.2. The summed E-state index contributed by atoms with van der Waals surface area (Å²) in [5.74, 6) is -0.462. The highest BCUT2D eigenvalue weighted by molar-refractivity contribution is 5.94. The van der Waals surface area contributed by atoms with E-state index in [9.17, 15) is 18.0 Å². The average molecular weight is 339 g/mol. The van der Waals surface area contributed by atoms with Crippen molar-refractivity contribution >= 4 is 5.91 Å². The van der Waals surface area contributed by atoms with Gasteiger partial charge in [0.05, 0.1) is 25.2 Å². The molecule has 0 bridgehead atoms. The number of hydrogen-bond acceptors (Lipinski definition) is 1. The minimum Gasteiger partial charge on any atom is -1.00 e. The van der Waals surface area contributed by atoms with Crippen LogP contribution in [0.25, 0.3) is 0 Å². The molecule has 2 N–H and O–H groups in total. The van der Waals surface area contributed by atoms with Crippen molar-refractivity contribution in [3.8, 4) is 0 Å². The Morgan fingerprint density at radius 3 is 2.41 bits per heavy atom. The highest BCUT2D eigenvalue weighted by Gasteiger charge is 2.30. The molecule has 0 aromatic heterocycles. The molecular formula is C15H22ClF3N2O. The van der Waals surface area contributed by atoms with Gasteiger partial charge >= 0.3 is 6.18 Å². The van der Waals surface area contributed by atoms with Gasteiger partial charge in [0.2, 0.25) is 0 Å². The lowest BCUT2D eigenvalue weighted by molar-refractivity contribution is -0.896. The number of rotatable bonds is 7. The fourth-order valence-corrected chi connectivity index (χ4v) is 2.08. The van der Waals surface area contributed by atoms with Crippen LogP contribution in [0, 0.1) is 0 Å². The number of hydrogen-bond donors (Lipinski definition) is 2. The van der Waals surface area contributed by atoms with E-state index in [-0.39, 0.29) is 18.0 Å². The standard InChI is InChI=1S/C15H21F3N2O.ClH/c1-3-20(4-2)10-6-9-19-14(21)12-7-5-8-13(11-12)15(16,17)18;/h5,7-8,11H,3-4,6,9-10H2,1-2H3,(H,19,21);1H. The summed E-state index contributed by atoms with van der Waals surface area (Å²) in [6.07, 6.45) is -3.62. The minimum atomic E-state index is -4.43. The predicted molar refractivity (Wildman–Crippen MR) is 75.3 cm³/mol. The number of benzene rings is 1. The zero-order valence-corrected chi connectivity index (χ0v) is 13.5. The van der Waals surface area contributed by atoms with E-state index in [1.807, 2.05) is 0 Å². The summed E-state index contributed by atoms with van der Waals surface area (Å²) in [6.45, 7) is 7.66. The van der Waals surface area contributed by atoms with Crippen LogP contribution in [0.1, 0.15) is 36.2 Å². The van der Waals surface area contributed by atoms with Crippen molar-refractivity contribution in [2.75, 3.05) is 26.2 Å². The van der Waals surface area contributed by atoms with Gasteiger partial charge in [-0.3, -0.25) is 4.79 Å². The van der Waals surface area contributed by atoms with Crippen molar-refractivity contribution in [3.63, 3.8) is 0 Å². The van der Waals surface area contributed by atoms with Crippen LogP contribution in [0.2, 0.25) is 0 Å². The van der Waals surface area contributed by atoms with Crippen LogP contribution in [0.5, 0.6) is 0 Å². The molecule has 126 valence electrons. The fraction of sp³-hybridized carbons (Fsp3) is 0.533. The number of halogens is 4. The van der Waals surface area contributed by atoms with Gasteiger partial charge in [-0.1, -0.05) is 6.07 Å². The van der Waals surface area contributed by atoms with E-state index < -0.39 is 17.6 Å². The molecule has 0 saturated carbocycles. The van der Waals surface area contributed by atoms with Crippen LogP contribution in [-0.4, -0.2) is 32.1 Å². The molecule has 0 saturated heterocycles. The van der Waals surface area contributed by atoms with Gasteiger partial charge in [0.1, 0.15) is 0 Å². The molecule has 0 aliphatic heterocycles. The topological polar surface area (TPSA) is 33.5 Å². The van der Waals surface area contributed by atoms with Crippen LogP contribution in [0.3, 0.4) is 0 Å². The first-order valence-corrected chi connectivity index (χ1v) is 7.17. The van der Waals surface area contributed by atoms with Gasteiger partial charge < -0.3 is 22.6 Å². The Bertz CT molecular complexity index is 462. The van der Waals surface area contributed by atoms with E-state index in [1.54, 1.807) is 0 Å². The van der Waals surface area contributed by atoms with Gasteiger partial charge in [-0.25, -0.2) is 0 Å². The molecule has 0 atom stereocenters. The summed E-state index contributed by atoms with van der Waals surface area (Å²) in [5.41, 5.74) is -0.761. The molecule has 1 aromatic rings. The number of alkyl halides is 3. The third kappa shape index (κ3) is 6.66. The van der Waals surface area contributed by atoms with E-state index in [1.165, 1.54) is 17.0 Å². The molecule has 1 amide bonds. The van der Waals surface area contributed by atoms with Gasteiger partial charge in [-0.15, -0.1) is 0 Å². The molecule has 0 unspecified atom stereocenters. The maximum absolute atomic E-state index is 12.6. The number of nitrogens with one attached hydrogen (secondary N) is 2. The van der Waals surface area contributed by atoms with E-state index >= 15 is 0 Å². The molecule has 1 rings (SSSR count). The SMILES string of the molecule is CC[NH+](CC)CCCNC(=O)c1cccc(C(F)(F)F)c1.[Cl-]. The zero-order chi connectivity index (χ0) is 15.9. The molecular weight excluding hydrogens is 317 g/mol. The smallest absolute Gasteiger partial charge is 0.416 e. The highest BCUT2D eigenvalue weighted by Crippen LogP contribution is 2.29. The number of quaternary nitrogens is 1. The molecule has 22 heavy (non-hydrogen) atoms. The molecule has 3 nitrogen and oxygen atoms in total. The molecule has 0 heterocycles. The lowest BCUT2D eigenvalue weighted by Gasteiger charge is -2.15. The first-order chi connectivity index (χ1) is 9.88. The second-order valence-corrected chi connectivity index (χ2v) is 4.90. The van der Waals surface area contributed by atoms with E-state index in [4.69, 9.17) is 0 Å². The largest absolute Gasteiger partial charge is 1.00 e. The maximum atomic E-state index is 12.6. The van der Waals surface area contributed by atoms with Crippen LogP contribution >= 0.6 is 0 Å². The third-order valence-electron chi connectivity index (χ3n) is 3.44. The molecule has 1 aromatic carbocycles. The molecule has 0 fully saturated rings. The Morgan fingerprint density at radius 1 is 1.23 bits per heavy atom. The molecule has 0 spiro atoms. The summed E-state index contributed by atoms with van der Waals surface area (Å²) in [7, 11) is 0. The molecule has 0 radical (unpaired) electrons. The van der Waals surface area contributed by atoms with Crippen molar-refractivity contribution in [2.24, 2.45) is 0 Å². The highest BCUT2D eigenvalue weighted by atomic mass is 35.5.